The highest BCUT2D eigenvalue weighted by Gasteiger charge is 2.30. The maximum absolute atomic E-state index is 6.18. The average molecular weight is 323 g/mol. The zero-order valence-corrected chi connectivity index (χ0v) is 13.6. The second-order valence-corrected chi connectivity index (χ2v) is 6.95. The van der Waals surface area contributed by atoms with Crippen molar-refractivity contribution in [2.45, 2.75) is 56.9 Å². The Morgan fingerprint density at radius 3 is 2.67 bits per heavy atom. The lowest BCUT2D eigenvalue weighted by Crippen LogP contribution is -2.18. The van der Waals surface area contributed by atoms with E-state index in [1.165, 1.54) is 32.1 Å². The number of fused-ring (bicyclic) bond motifs is 1. The number of rotatable bonds is 3. The number of aromatic nitrogens is 6. The number of imidazole rings is 1. The van der Waals surface area contributed by atoms with Gasteiger partial charge in [0.15, 0.2) is 5.82 Å². The number of hydrogen-bond acceptors (Lipinski definition) is 5. The second kappa shape index (κ2) is 5.29. The van der Waals surface area contributed by atoms with Crippen LogP contribution in [-0.4, -0.2) is 29.3 Å². The van der Waals surface area contributed by atoms with Gasteiger partial charge in [0.1, 0.15) is 5.52 Å². The molecule has 3 aromatic heterocycles. The average Bonchev–Trinajstić information content (AvgIpc) is 3.29. The van der Waals surface area contributed by atoms with Gasteiger partial charge in [-0.3, -0.25) is 4.98 Å². The molecule has 2 aliphatic rings. The minimum Gasteiger partial charge on any atom is -0.368 e. The van der Waals surface area contributed by atoms with Crippen LogP contribution in [-0.2, 0) is 0 Å². The van der Waals surface area contributed by atoms with Crippen LogP contribution < -0.4 is 5.73 Å². The molecule has 0 aliphatic heterocycles. The standard InChI is InChI=1S/C17H21N7/c18-16-21-15(11-6-7-11)22-24(16)17-20-13-10-19-9-8-14(13)23(17)12-4-2-1-3-5-12/h8-12H,1-7H2,(H2,18,21,22). The van der Waals surface area contributed by atoms with Gasteiger partial charge in [0.2, 0.25) is 11.9 Å². The molecule has 0 bridgehead atoms. The summed E-state index contributed by atoms with van der Waals surface area (Å²) in [5, 5.41) is 4.67. The van der Waals surface area contributed by atoms with Crippen LogP contribution in [0.5, 0.6) is 0 Å². The summed E-state index contributed by atoms with van der Waals surface area (Å²) in [6.45, 7) is 0. The van der Waals surface area contributed by atoms with E-state index in [4.69, 9.17) is 10.7 Å². The number of hydrogen-bond donors (Lipinski definition) is 1. The summed E-state index contributed by atoms with van der Waals surface area (Å²) >= 11 is 0. The number of anilines is 1. The van der Waals surface area contributed by atoms with E-state index in [9.17, 15) is 0 Å². The SMILES string of the molecule is Nc1nc(C2CC2)nn1-c1nc2cnccc2n1C1CCCCC1. The van der Waals surface area contributed by atoms with E-state index in [2.05, 4.69) is 19.6 Å². The first-order valence-corrected chi connectivity index (χ1v) is 8.86. The van der Waals surface area contributed by atoms with Crippen LogP contribution in [0.2, 0.25) is 0 Å². The number of nitrogen functional groups attached to an aromatic ring is 1. The van der Waals surface area contributed by atoms with E-state index in [-0.39, 0.29) is 0 Å². The molecule has 0 spiro atoms. The molecule has 7 heteroatoms. The molecule has 3 aromatic rings. The van der Waals surface area contributed by atoms with Crippen molar-refractivity contribution in [2.24, 2.45) is 0 Å². The largest absolute Gasteiger partial charge is 0.368 e. The third kappa shape index (κ3) is 2.18. The van der Waals surface area contributed by atoms with E-state index in [0.717, 1.165) is 35.6 Å². The molecular formula is C17H21N7. The van der Waals surface area contributed by atoms with Gasteiger partial charge in [-0.05, 0) is 31.7 Å². The highest BCUT2D eigenvalue weighted by Crippen LogP contribution is 2.39. The van der Waals surface area contributed by atoms with Crippen molar-refractivity contribution in [3.63, 3.8) is 0 Å². The molecule has 2 saturated carbocycles. The zero-order chi connectivity index (χ0) is 16.1. The third-order valence-corrected chi connectivity index (χ3v) is 5.19. The molecule has 7 nitrogen and oxygen atoms in total. The fourth-order valence-corrected chi connectivity index (χ4v) is 3.79. The topological polar surface area (TPSA) is 87.4 Å². The fraction of sp³-hybridized carbons (Fsp3) is 0.529. The fourth-order valence-electron chi connectivity index (χ4n) is 3.79. The summed E-state index contributed by atoms with van der Waals surface area (Å²) in [4.78, 5) is 13.5. The smallest absolute Gasteiger partial charge is 0.235 e. The lowest BCUT2D eigenvalue weighted by molar-refractivity contribution is 0.356. The maximum Gasteiger partial charge on any atom is 0.235 e. The summed E-state index contributed by atoms with van der Waals surface area (Å²) in [7, 11) is 0. The van der Waals surface area contributed by atoms with Gasteiger partial charge in [-0.1, -0.05) is 19.3 Å². The molecule has 2 aliphatic carbocycles. The minimum atomic E-state index is 0.428. The molecule has 124 valence electrons. The Morgan fingerprint density at radius 1 is 1.04 bits per heavy atom. The molecule has 0 aromatic carbocycles. The quantitative estimate of drug-likeness (QED) is 0.800. The van der Waals surface area contributed by atoms with Gasteiger partial charge in [0, 0.05) is 18.2 Å². The Labute approximate surface area is 139 Å². The molecule has 0 amide bonds. The van der Waals surface area contributed by atoms with E-state index in [1.807, 2.05) is 18.5 Å². The molecule has 0 atom stereocenters. The Bertz CT molecular complexity index is 884. The molecule has 24 heavy (non-hydrogen) atoms. The predicted octanol–water partition coefficient (Wildman–Crippen LogP) is 2.98. The zero-order valence-electron chi connectivity index (χ0n) is 13.6. The Balaban J connectivity index is 1.69. The maximum atomic E-state index is 6.18. The van der Waals surface area contributed by atoms with Gasteiger partial charge in [-0.15, -0.1) is 5.10 Å². The van der Waals surface area contributed by atoms with E-state index < -0.39 is 0 Å². The normalized spacial score (nSPS) is 19.2. The Morgan fingerprint density at radius 2 is 1.88 bits per heavy atom. The predicted molar refractivity (Wildman–Crippen MR) is 91.0 cm³/mol. The summed E-state index contributed by atoms with van der Waals surface area (Å²) in [6.07, 6.45) is 12.1. The van der Waals surface area contributed by atoms with Crippen LogP contribution in [0.1, 0.15) is 62.7 Å². The number of nitrogens with zero attached hydrogens (tertiary/aromatic N) is 6. The van der Waals surface area contributed by atoms with Crippen LogP contribution in [0, 0.1) is 0 Å². The molecular weight excluding hydrogens is 302 g/mol. The molecule has 0 saturated heterocycles. The van der Waals surface area contributed by atoms with Gasteiger partial charge >= 0.3 is 0 Å². The number of pyridine rings is 1. The first-order valence-electron chi connectivity index (χ1n) is 8.86. The van der Waals surface area contributed by atoms with Crippen molar-refractivity contribution in [1.29, 1.82) is 0 Å². The minimum absolute atomic E-state index is 0.428. The monoisotopic (exact) mass is 323 g/mol. The van der Waals surface area contributed by atoms with Crippen LogP contribution in [0.15, 0.2) is 18.5 Å². The molecule has 3 heterocycles. The highest BCUT2D eigenvalue weighted by molar-refractivity contribution is 5.76. The van der Waals surface area contributed by atoms with Crippen molar-refractivity contribution in [3.05, 3.63) is 24.3 Å². The van der Waals surface area contributed by atoms with E-state index in [1.54, 1.807) is 4.68 Å². The first-order chi connectivity index (χ1) is 11.8. The van der Waals surface area contributed by atoms with Gasteiger partial charge < -0.3 is 10.3 Å². The van der Waals surface area contributed by atoms with Crippen molar-refractivity contribution < 1.29 is 0 Å². The van der Waals surface area contributed by atoms with Crippen LogP contribution in [0.25, 0.3) is 17.0 Å². The van der Waals surface area contributed by atoms with Gasteiger partial charge in [-0.25, -0.2) is 4.98 Å². The summed E-state index contributed by atoms with van der Waals surface area (Å²) < 4.78 is 4.03. The second-order valence-electron chi connectivity index (χ2n) is 6.95. The van der Waals surface area contributed by atoms with Gasteiger partial charge in [0.25, 0.3) is 0 Å². The van der Waals surface area contributed by atoms with Crippen LogP contribution in [0.3, 0.4) is 0 Å². The summed E-state index contributed by atoms with van der Waals surface area (Å²) in [5.74, 6) is 2.54. The van der Waals surface area contributed by atoms with Crippen molar-refractivity contribution in [3.8, 4) is 5.95 Å². The van der Waals surface area contributed by atoms with E-state index >= 15 is 0 Å². The summed E-state index contributed by atoms with van der Waals surface area (Å²) in [6, 6.07) is 2.48. The molecule has 0 unspecified atom stereocenters. The van der Waals surface area contributed by atoms with E-state index in [0.29, 0.717) is 17.9 Å². The van der Waals surface area contributed by atoms with Gasteiger partial charge in [0.05, 0.1) is 11.7 Å². The van der Waals surface area contributed by atoms with Crippen LogP contribution in [0.4, 0.5) is 5.95 Å². The molecule has 5 rings (SSSR count). The molecule has 2 fully saturated rings. The van der Waals surface area contributed by atoms with Crippen molar-refractivity contribution in [1.82, 2.24) is 29.3 Å². The first kappa shape index (κ1) is 13.9. The highest BCUT2D eigenvalue weighted by atomic mass is 15.5. The lowest BCUT2D eigenvalue weighted by Gasteiger charge is -2.25. The molecule has 2 N–H and O–H groups in total. The third-order valence-electron chi connectivity index (χ3n) is 5.19. The number of nitrogens with two attached hydrogens (primary N) is 1. The summed E-state index contributed by atoms with van der Waals surface area (Å²) in [5.41, 5.74) is 8.18. The Hall–Kier alpha value is -2.44. The van der Waals surface area contributed by atoms with Crippen LogP contribution >= 0.6 is 0 Å². The Kier molecular flexibility index (Phi) is 3.08. The lowest BCUT2D eigenvalue weighted by atomic mass is 9.95. The van der Waals surface area contributed by atoms with Crippen molar-refractivity contribution in [2.75, 3.05) is 5.73 Å². The van der Waals surface area contributed by atoms with Crippen molar-refractivity contribution >= 4 is 17.0 Å². The van der Waals surface area contributed by atoms with Gasteiger partial charge in [-0.2, -0.15) is 9.67 Å². The molecule has 0 radical (unpaired) electrons.